The molecule has 4 aromatic rings. The molecule has 0 aliphatic heterocycles. The first-order valence-electron chi connectivity index (χ1n) is 9.50. The lowest BCUT2D eigenvalue weighted by atomic mass is 10.2. The average Bonchev–Trinajstić information content (AvgIpc) is 3.28. The Bertz CT molecular complexity index is 1390. The van der Waals surface area contributed by atoms with E-state index < -0.39 is 21.7 Å². The number of hydrogen-bond donors (Lipinski definition) is 2. The number of para-hydroxylation sites is 2. The largest absolute Gasteiger partial charge is 0.321 e. The molecule has 0 aliphatic rings. The lowest BCUT2D eigenvalue weighted by Crippen LogP contribution is -2.17. The first-order chi connectivity index (χ1) is 15.3. The van der Waals surface area contributed by atoms with Crippen molar-refractivity contribution in [3.05, 3.63) is 96.1 Å². The Labute approximate surface area is 183 Å². The summed E-state index contributed by atoms with van der Waals surface area (Å²) < 4.78 is 43.2. The Hall–Kier alpha value is -4.05. The van der Waals surface area contributed by atoms with Gasteiger partial charge >= 0.3 is 0 Å². The van der Waals surface area contributed by atoms with Crippen molar-refractivity contribution in [3.63, 3.8) is 0 Å². The van der Waals surface area contributed by atoms with Gasteiger partial charge in [0.2, 0.25) is 0 Å². The second-order valence-corrected chi connectivity index (χ2v) is 8.55. The summed E-state index contributed by atoms with van der Waals surface area (Å²) in [6, 6.07) is 19.0. The number of anilines is 2. The number of carbonyl (C=O) groups excluding carboxylic acids is 1. The molecule has 10 heteroatoms. The maximum absolute atomic E-state index is 13.9. The van der Waals surface area contributed by atoms with Gasteiger partial charge in [-0.2, -0.15) is 0 Å². The van der Waals surface area contributed by atoms with Crippen LogP contribution in [0.5, 0.6) is 0 Å². The topological polar surface area (TPSA) is 106 Å². The number of halogens is 1. The Balaban J connectivity index is 1.56. The third kappa shape index (κ3) is 4.49. The predicted octanol–water partition coefficient (Wildman–Crippen LogP) is 3.77. The van der Waals surface area contributed by atoms with Crippen LogP contribution < -0.4 is 10.0 Å². The zero-order valence-electron chi connectivity index (χ0n) is 16.9. The standard InChI is InChI=1S/C22H18FN5O3S/c1-15-11-12-16(13-21(15)32(30,31)26-19-10-6-5-9-18(19)23)24-22(29)20-14-28(27-25-20)17-7-3-2-4-8-17/h2-14,26H,1H3,(H,24,29). The van der Waals surface area contributed by atoms with Crippen molar-refractivity contribution in [1.29, 1.82) is 0 Å². The lowest BCUT2D eigenvalue weighted by Gasteiger charge is -2.13. The van der Waals surface area contributed by atoms with Crippen LogP contribution >= 0.6 is 0 Å². The van der Waals surface area contributed by atoms with Crippen LogP contribution in [0.4, 0.5) is 15.8 Å². The molecule has 1 amide bonds. The van der Waals surface area contributed by atoms with E-state index in [9.17, 15) is 17.6 Å². The van der Waals surface area contributed by atoms with Gasteiger partial charge in [0.05, 0.1) is 22.5 Å². The van der Waals surface area contributed by atoms with Gasteiger partial charge in [0.15, 0.2) is 5.69 Å². The molecule has 32 heavy (non-hydrogen) atoms. The maximum atomic E-state index is 13.9. The molecule has 2 N–H and O–H groups in total. The third-order valence-corrected chi connectivity index (χ3v) is 6.11. The summed E-state index contributed by atoms with van der Waals surface area (Å²) >= 11 is 0. The second kappa shape index (κ2) is 8.60. The number of hydrogen-bond acceptors (Lipinski definition) is 5. The van der Waals surface area contributed by atoms with Crippen molar-refractivity contribution in [2.75, 3.05) is 10.0 Å². The van der Waals surface area contributed by atoms with E-state index in [2.05, 4.69) is 20.4 Å². The number of amides is 1. The Morgan fingerprint density at radius 2 is 1.72 bits per heavy atom. The van der Waals surface area contributed by atoms with Crippen molar-refractivity contribution in [3.8, 4) is 5.69 Å². The summed E-state index contributed by atoms with van der Waals surface area (Å²) in [4.78, 5) is 12.5. The first kappa shape index (κ1) is 21.2. The summed E-state index contributed by atoms with van der Waals surface area (Å²) in [5.41, 5.74) is 1.30. The number of carbonyl (C=O) groups is 1. The summed E-state index contributed by atoms with van der Waals surface area (Å²) in [5.74, 6) is -1.25. The monoisotopic (exact) mass is 451 g/mol. The number of aromatic nitrogens is 3. The molecule has 0 atom stereocenters. The molecule has 0 bridgehead atoms. The van der Waals surface area contributed by atoms with Gasteiger partial charge in [0, 0.05) is 5.69 Å². The smallest absolute Gasteiger partial charge is 0.277 e. The summed E-state index contributed by atoms with van der Waals surface area (Å²) in [7, 11) is -4.09. The molecule has 0 saturated heterocycles. The highest BCUT2D eigenvalue weighted by molar-refractivity contribution is 7.92. The maximum Gasteiger partial charge on any atom is 0.277 e. The third-order valence-electron chi connectivity index (χ3n) is 4.60. The lowest BCUT2D eigenvalue weighted by molar-refractivity contribution is 0.102. The highest BCUT2D eigenvalue weighted by Gasteiger charge is 2.20. The average molecular weight is 451 g/mol. The van der Waals surface area contributed by atoms with E-state index in [4.69, 9.17) is 0 Å². The fraction of sp³-hybridized carbons (Fsp3) is 0.0455. The van der Waals surface area contributed by atoms with E-state index in [1.807, 2.05) is 30.3 Å². The van der Waals surface area contributed by atoms with Crippen LogP contribution in [0.3, 0.4) is 0 Å². The van der Waals surface area contributed by atoms with Gasteiger partial charge in [-0.3, -0.25) is 9.52 Å². The Morgan fingerprint density at radius 1 is 1.00 bits per heavy atom. The minimum atomic E-state index is -4.09. The van der Waals surface area contributed by atoms with E-state index in [1.165, 1.54) is 35.1 Å². The van der Waals surface area contributed by atoms with Crippen LogP contribution in [0.25, 0.3) is 5.69 Å². The van der Waals surface area contributed by atoms with E-state index in [0.717, 1.165) is 11.8 Å². The Kier molecular flexibility index (Phi) is 5.69. The van der Waals surface area contributed by atoms with E-state index in [1.54, 1.807) is 19.1 Å². The molecule has 1 aromatic heterocycles. The molecule has 0 fully saturated rings. The molecule has 0 aliphatic carbocycles. The van der Waals surface area contributed by atoms with Gasteiger partial charge < -0.3 is 5.32 Å². The SMILES string of the molecule is Cc1ccc(NC(=O)c2cn(-c3ccccc3)nn2)cc1S(=O)(=O)Nc1ccccc1F. The molecule has 4 rings (SSSR count). The van der Waals surface area contributed by atoms with Crippen LogP contribution in [-0.2, 0) is 10.0 Å². The second-order valence-electron chi connectivity index (χ2n) is 6.90. The molecule has 1 heterocycles. The van der Waals surface area contributed by atoms with Crippen LogP contribution in [0.2, 0.25) is 0 Å². The van der Waals surface area contributed by atoms with Crippen LogP contribution in [0.15, 0.2) is 83.9 Å². The molecule has 0 radical (unpaired) electrons. The minimum absolute atomic E-state index is 0.0586. The van der Waals surface area contributed by atoms with Gasteiger partial charge in [-0.25, -0.2) is 17.5 Å². The molecular weight excluding hydrogens is 433 g/mol. The van der Waals surface area contributed by atoms with E-state index in [-0.39, 0.29) is 22.0 Å². The highest BCUT2D eigenvalue weighted by atomic mass is 32.2. The quantitative estimate of drug-likeness (QED) is 0.464. The number of rotatable bonds is 6. The zero-order valence-corrected chi connectivity index (χ0v) is 17.7. The van der Waals surface area contributed by atoms with E-state index >= 15 is 0 Å². The van der Waals surface area contributed by atoms with Gasteiger partial charge in [-0.05, 0) is 48.9 Å². The normalized spacial score (nSPS) is 11.2. The highest BCUT2D eigenvalue weighted by Crippen LogP contribution is 2.24. The molecule has 3 aromatic carbocycles. The molecule has 8 nitrogen and oxygen atoms in total. The van der Waals surface area contributed by atoms with Gasteiger partial charge in [0.25, 0.3) is 15.9 Å². The van der Waals surface area contributed by atoms with Crippen molar-refractivity contribution in [2.45, 2.75) is 11.8 Å². The van der Waals surface area contributed by atoms with Gasteiger partial charge in [0.1, 0.15) is 5.82 Å². The number of aryl methyl sites for hydroxylation is 1. The summed E-state index contributed by atoms with van der Waals surface area (Å²) in [6.07, 6.45) is 1.47. The van der Waals surface area contributed by atoms with Crippen LogP contribution in [-0.4, -0.2) is 29.3 Å². The van der Waals surface area contributed by atoms with Crippen molar-refractivity contribution in [1.82, 2.24) is 15.0 Å². The summed E-state index contributed by atoms with van der Waals surface area (Å²) in [6.45, 7) is 1.60. The number of nitrogens with zero attached hydrogens (tertiary/aromatic N) is 3. The predicted molar refractivity (Wildman–Crippen MR) is 118 cm³/mol. The number of benzene rings is 3. The fourth-order valence-corrected chi connectivity index (χ4v) is 4.32. The molecule has 0 unspecified atom stereocenters. The Morgan fingerprint density at radius 3 is 2.47 bits per heavy atom. The number of sulfonamides is 1. The van der Waals surface area contributed by atoms with Crippen molar-refractivity contribution >= 4 is 27.3 Å². The van der Waals surface area contributed by atoms with Crippen molar-refractivity contribution < 1.29 is 17.6 Å². The van der Waals surface area contributed by atoms with Gasteiger partial charge in [-0.15, -0.1) is 5.10 Å². The van der Waals surface area contributed by atoms with Crippen LogP contribution in [0, 0.1) is 12.7 Å². The zero-order chi connectivity index (χ0) is 22.7. The fourth-order valence-electron chi connectivity index (χ4n) is 2.98. The summed E-state index contributed by atoms with van der Waals surface area (Å²) in [5, 5.41) is 10.4. The van der Waals surface area contributed by atoms with Gasteiger partial charge in [-0.1, -0.05) is 41.6 Å². The van der Waals surface area contributed by atoms with E-state index in [0.29, 0.717) is 5.56 Å². The molecule has 162 valence electrons. The molecule has 0 saturated carbocycles. The molecule has 0 spiro atoms. The molecular formula is C22H18FN5O3S. The first-order valence-corrected chi connectivity index (χ1v) is 11.0. The van der Waals surface area contributed by atoms with Crippen molar-refractivity contribution in [2.24, 2.45) is 0 Å². The minimum Gasteiger partial charge on any atom is -0.321 e. The van der Waals surface area contributed by atoms with Crippen LogP contribution in [0.1, 0.15) is 16.1 Å². The number of nitrogens with one attached hydrogen (secondary N) is 2.